The van der Waals surface area contributed by atoms with Crippen molar-refractivity contribution in [1.82, 2.24) is 9.55 Å². The second-order valence-electron chi connectivity index (χ2n) is 5.39. The molecule has 6 heteroatoms. The Morgan fingerprint density at radius 2 is 1.84 bits per heavy atom. The first-order valence-corrected chi connectivity index (χ1v) is 8.75. The maximum atomic E-state index is 12.5. The number of nitrogens with zero attached hydrogens (tertiary/aromatic N) is 2. The van der Waals surface area contributed by atoms with E-state index in [0.717, 1.165) is 28.7 Å². The lowest BCUT2D eigenvalue weighted by Gasteiger charge is -2.09. The van der Waals surface area contributed by atoms with Crippen LogP contribution in [-0.4, -0.2) is 21.2 Å². The van der Waals surface area contributed by atoms with Gasteiger partial charge in [-0.25, -0.2) is 4.98 Å². The fourth-order valence-electron chi connectivity index (χ4n) is 2.32. The van der Waals surface area contributed by atoms with Gasteiger partial charge in [0.1, 0.15) is 0 Å². The highest BCUT2D eigenvalue weighted by Crippen LogP contribution is 2.16. The van der Waals surface area contributed by atoms with E-state index in [1.807, 2.05) is 61.5 Å². The SMILES string of the molecule is Cc1ccccc1NC(=O)CSc1nccn(-c2ccccc2)c1=O. The molecule has 1 heterocycles. The summed E-state index contributed by atoms with van der Waals surface area (Å²) in [7, 11) is 0. The van der Waals surface area contributed by atoms with Crippen LogP contribution in [0.2, 0.25) is 0 Å². The van der Waals surface area contributed by atoms with E-state index < -0.39 is 0 Å². The predicted octanol–water partition coefficient (Wildman–Crippen LogP) is 3.27. The number of rotatable bonds is 5. The van der Waals surface area contributed by atoms with E-state index in [1.165, 1.54) is 4.57 Å². The molecule has 2 aromatic carbocycles. The van der Waals surface area contributed by atoms with Crippen LogP contribution in [0.1, 0.15) is 5.56 Å². The number of amides is 1. The molecular formula is C19H17N3O2S. The van der Waals surface area contributed by atoms with E-state index in [-0.39, 0.29) is 17.2 Å². The number of aryl methyl sites for hydroxylation is 1. The van der Waals surface area contributed by atoms with Crippen LogP contribution in [0.3, 0.4) is 0 Å². The minimum atomic E-state index is -0.234. The van der Waals surface area contributed by atoms with E-state index in [2.05, 4.69) is 10.3 Å². The van der Waals surface area contributed by atoms with Crippen molar-refractivity contribution in [3.05, 3.63) is 82.9 Å². The largest absolute Gasteiger partial charge is 0.325 e. The summed E-state index contributed by atoms with van der Waals surface area (Å²) in [5.74, 6) is -0.0503. The summed E-state index contributed by atoms with van der Waals surface area (Å²) in [5.41, 5.74) is 2.30. The number of thioether (sulfide) groups is 1. The summed E-state index contributed by atoms with van der Waals surface area (Å²) in [5, 5.41) is 3.15. The second kappa shape index (κ2) is 7.81. The first-order valence-electron chi connectivity index (χ1n) is 7.76. The number of carbonyl (C=O) groups excluding carboxylic acids is 1. The van der Waals surface area contributed by atoms with Gasteiger partial charge in [-0.2, -0.15) is 0 Å². The fraction of sp³-hybridized carbons (Fsp3) is 0.105. The smallest absolute Gasteiger partial charge is 0.287 e. The summed E-state index contributed by atoms with van der Waals surface area (Å²) >= 11 is 1.13. The number of benzene rings is 2. The number of nitrogens with one attached hydrogen (secondary N) is 1. The van der Waals surface area contributed by atoms with E-state index in [9.17, 15) is 9.59 Å². The highest BCUT2D eigenvalue weighted by Gasteiger charge is 2.10. The number of carbonyl (C=O) groups is 1. The molecule has 1 aromatic heterocycles. The standard InChI is InChI=1S/C19H17N3O2S/c1-14-7-5-6-10-16(14)21-17(23)13-25-18-19(24)22(12-11-20-18)15-8-3-2-4-9-15/h2-12H,13H2,1H3,(H,21,23). The van der Waals surface area contributed by atoms with Gasteiger partial charge in [0.25, 0.3) is 5.56 Å². The molecule has 0 aliphatic rings. The molecule has 3 aromatic rings. The van der Waals surface area contributed by atoms with Gasteiger partial charge in [0.2, 0.25) is 5.91 Å². The summed E-state index contributed by atoms with van der Waals surface area (Å²) in [6.07, 6.45) is 3.19. The molecule has 0 spiro atoms. The fourth-order valence-corrected chi connectivity index (χ4v) is 3.02. The third kappa shape index (κ3) is 4.16. The number of aromatic nitrogens is 2. The van der Waals surface area contributed by atoms with E-state index in [1.54, 1.807) is 12.4 Å². The monoisotopic (exact) mass is 351 g/mol. The molecule has 0 aliphatic carbocycles. The highest BCUT2D eigenvalue weighted by atomic mass is 32.2. The molecule has 25 heavy (non-hydrogen) atoms. The lowest BCUT2D eigenvalue weighted by Crippen LogP contribution is -2.22. The van der Waals surface area contributed by atoms with E-state index >= 15 is 0 Å². The van der Waals surface area contributed by atoms with Crippen molar-refractivity contribution in [2.75, 3.05) is 11.1 Å². The molecule has 0 radical (unpaired) electrons. The Kier molecular flexibility index (Phi) is 5.30. The zero-order chi connectivity index (χ0) is 17.6. The highest BCUT2D eigenvalue weighted by molar-refractivity contribution is 7.99. The maximum absolute atomic E-state index is 12.5. The number of hydrogen-bond donors (Lipinski definition) is 1. The van der Waals surface area contributed by atoms with Crippen LogP contribution in [0, 0.1) is 6.92 Å². The van der Waals surface area contributed by atoms with Gasteiger partial charge in [0.15, 0.2) is 5.03 Å². The number of anilines is 1. The molecule has 0 saturated heterocycles. The molecule has 1 amide bonds. The van der Waals surface area contributed by atoms with Crippen molar-refractivity contribution < 1.29 is 4.79 Å². The molecule has 0 atom stereocenters. The van der Waals surface area contributed by atoms with Crippen LogP contribution in [0.4, 0.5) is 5.69 Å². The van der Waals surface area contributed by atoms with E-state index in [0.29, 0.717) is 5.03 Å². The van der Waals surface area contributed by atoms with Crippen molar-refractivity contribution in [1.29, 1.82) is 0 Å². The van der Waals surface area contributed by atoms with Crippen LogP contribution in [0.15, 0.2) is 76.8 Å². The van der Waals surface area contributed by atoms with Gasteiger partial charge >= 0.3 is 0 Å². The summed E-state index contributed by atoms with van der Waals surface area (Å²) < 4.78 is 1.52. The third-order valence-electron chi connectivity index (χ3n) is 3.60. The Balaban J connectivity index is 1.71. The Labute approximate surface area is 149 Å². The summed E-state index contributed by atoms with van der Waals surface area (Å²) in [6.45, 7) is 1.93. The average Bonchev–Trinajstić information content (AvgIpc) is 2.63. The molecule has 0 bridgehead atoms. The first kappa shape index (κ1) is 17.0. The van der Waals surface area contributed by atoms with Gasteiger partial charge in [0, 0.05) is 23.8 Å². The molecular weight excluding hydrogens is 334 g/mol. The van der Waals surface area contributed by atoms with Crippen molar-refractivity contribution in [2.24, 2.45) is 0 Å². The van der Waals surface area contributed by atoms with Crippen LogP contribution in [0.5, 0.6) is 0 Å². The van der Waals surface area contributed by atoms with Crippen molar-refractivity contribution in [3.8, 4) is 5.69 Å². The molecule has 5 nitrogen and oxygen atoms in total. The van der Waals surface area contributed by atoms with Crippen molar-refractivity contribution in [3.63, 3.8) is 0 Å². The van der Waals surface area contributed by atoms with Gasteiger partial charge in [-0.3, -0.25) is 14.2 Å². The Morgan fingerprint density at radius 1 is 1.12 bits per heavy atom. The number of hydrogen-bond acceptors (Lipinski definition) is 4. The van der Waals surface area contributed by atoms with Crippen LogP contribution in [0.25, 0.3) is 5.69 Å². The summed E-state index contributed by atoms with van der Waals surface area (Å²) in [4.78, 5) is 28.8. The Bertz CT molecular complexity index is 939. The van der Waals surface area contributed by atoms with Crippen molar-refractivity contribution >= 4 is 23.4 Å². The third-order valence-corrected chi connectivity index (χ3v) is 4.56. The lowest BCUT2D eigenvalue weighted by atomic mass is 10.2. The molecule has 0 aliphatic heterocycles. The minimum absolute atomic E-state index is 0.120. The van der Waals surface area contributed by atoms with Crippen LogP contribution in [-0.2, 0) is 4.79 Å². The van der Waals surface area contributed by atoms with E-state index in [4.69, 9.17) is 0 Å². The van der Waals surface area contributed by atoms with Gasteiger partial charge in [0.05, 0.1) is 5.75 Å². The zero-order valence-corrected chi connectivity index (χ0v) is 14.5. The lowest BCUT2D eigenvalue weighted by molar-refractivity contribution is -0.113. The Morgan fingerprint density at radius 3 is 2.60 bits per heavy atom. The molecule has 3 rings (SSSR count). The molecule has 0 unspecified atom stereocenters. The van der Waals surface area contributed by atoms with Crippen LogP contribution >= 0.6 is 11.8 Å². The summed E-state index contributed by atoms with van der Waals surface area (Å²) in [6, 6.07) is 16.9. The normalized spacial score (nSPS) is 10.4. The molecule has 1 N–H and O–H groups in total. The molecule has 126 valence electrons. The van der Waals surface area contributed by atoms with Crippen LogP contribution < -0.4 is 10.9 Å². The molecule has 0 saturated carbocycles. The quantitative estimate of drug-likeness (QED) is 0.717. The second-order valence-corrected chi connectivity index (χ2v) is 6.36. The predicted molar refractivity (Wildman–Crippen MR) is 100 cm³/mol. The van der Waals surface area contributed by atoms with Gasteiger partial charge < -0.3 is 5.32 Å². The van der Waals surface area contributed by atoms with Gasteiger partial charge in [-0.1, -0.05) is 48.2 Å². The van der Waals surface area contributed by atoms with Crippen molar-refractivity contribution in [2.45, 2.75) is 11.9 Å². The van der Waals surface area contributed by atoms with Gasteiger partial charge in [-0.15, -0.1) is 0 Å². The minimum Gasteiger partial charge on any atom is -0.325 e. The Hall–Kier alpha value is -2.86. The van der Waals surface area contributed by atoms with Gasteiger partial charge in [-0.05, 0) is 30.7 Å². The topological polar surface area (TPSA) is 64.0 Å². The maximum Gasteiger partial charge on any atom is 0.287 e. The molecule has 0 fully saturated rings. The zero-order valence-electron chi connectivity index (χ0n) is 13.7. The average molecular weight is 351 g/mol. The number of para-hydroxylation sites is 2. The first-order chi connectivity index (χ1) is 12.1.